The maximum Gasteiger partial charge on any atom is 0.316 e. The fourth-order valence-corrected chi connectivity index (χ4v) is 0.726. The maximum absolute atomic E-state index is 12.5. The number of nitrogens with zero attached hydrogens (tertiary/aromatic N) is 3. The number of rotatable bonds is 2. The van der Waals surface area contributed by atoms with E-state index in [2.05, 4.69) is 9.98 Å². The molecule has 0 fully saturated rings. The van der Waals surface area contributed by atoms with Crippen molar-refractivity contribution in [1.82, 2.24) is 4.98 Å². The summed E-state index contributed by atoms with van der Waals surface area (Å²) in [6.07, 6.45) is 1.68. The summed E-state index contributed by atoms with van der Waals surface area (Å²) in [4.78, 5) is 16.4. The van der Waals surface area contributed by atoms with Gasteiger partial charge in [0.1, 0.15) is 5.82 Å². The first-order valence-electron chi connectivity index (χ1n) is 3.19. The number of nitrogens with two attached hydrogens (primary N) is 1. The van der Waals surface area contributed by atoms with Gasteiger partial charge in [0.05, 0.1) is 23.5 Å². The van der Waals surface area contributed by atoms with Gasteiger partial charge in [-0.1, -0.05) is 0 Å². The van der Waals surface area contributed by atoms with Crippen molar-refractivity contribution in [2.24, 2.45) is 10.7 Å². The van der Waals surface area contributed by atoms with Crippen LogP contribution in [0.2, 0.25) is 0 Å². The summed E-state index contributed by atoms with van der Waals surface area (Å²) >= 11 is 0. The highest BCUT2D eigenvalue weighted by molar-refractivity contribution is 5.62. The number of aliphatic imine (C=N–C) groups is 1. The van der Waals surface area contributed by atoms with E-state index in [1.807, 2.05) is 0 Å². The molecule has 0 spiro atoms. The van der Waals surface area contributed by atoms with Crippen LogP contribution in [0.1, 0.15) is 0 Å². The van der Waals surface area contributed by atoms with E-state index >= 15 is 0 Å². The SMILES string of the molecule is NC=Nc1ncc(F)cc1[N+](=O)[O-]. The van der Waals surface area contributed by atoms with Crippen LogP contribution in [-0.2, 0) is 0 Å². The maximum atomic E-state index is 12.5. The van der Waals surface area contributed by atoms with E-state index in [0.29, 0.717) is 0 Å². The molecule has 0 amide bonds. The lowest BCUT2D eigenvalue weighted by Crippen LogP contribution is -1.94. The first-order chi connectivity index (χ1) is 6.15. The first kappa shape index (κ1) is 9.04. The molecule has 0 aliphatic heterocycles. The third-order valence-electron chi connectivity index (χ3n) is 1.21. The third kappa shape index (κ3) is 1.95. The smallest absolute Gasteiger partial charge is 0.316 e. The zero-order chi connectivity index (χ0) is 9.84. The van der Waals surface area contributed by atoms with Crippen LogP contribution >= 0.6 is 0 Å². The van der Waals surface area contributed by atoms with E-state index in [0.717, 1.165) is 18.6 Å². The molecule has 0 bridgehead atoms. The molecule has 1 aromatic rings. The molecule has 7 heteroatoms. The molecular weight excluding hydrogens is 179 g/mol. The van der Waals surface area contributed by atoms with Crippen molar-refractivity contribution in [1.29, 1.82) is 0 Å². The summed E-state index contributed by atoms with van der Waals surface area (Å²) in [5.41, 5.74) is 4.41. The molecule has 1 heterocycles. The minimum atomic E-state index is -0.789. The second kappa shape index (κ2) is 3.57. The van der Waals surface area contributed by atoms with Crippen LogP contribution in [0.3, 0.4) is 0 Å². The zero-order valence-corrected chi connectivity index (χ0v) is 6.35. The molecule has 0 aliphatic rings. The number of hydrogen-bond donors (Lipinski definition) is 1. The normalized spacial score (nSPS) is 10.5. The summed E-state index contributed by atoms with van der Waals surface area (Å²) in [6.45, 7) is 0. The molecule has 13 heavy (non-hydrogen) atoms. The Morgan fingerprint density at radius 3 is 3.00 bits per heavy atom. The van der Waals surface area contributed by atoms with Crippen LogP contribution in [0, 0.1) is 15.9 Å². The molecule has 1 aromatic heterocycles. The molecular formula is C6H5FN4O2. The fraction of sp³-hybridized carbons (Fsp3) is 0. The summed E-state index contributed by atoms with van der Waals surface area (Å²) in [5.74, 6) is -1.00. The van der Waals surface area contributed by atoms with Crippen LogP contribution in [0.25, 0.3) is 0 Å². The molecule has 0 aromatic carbocycles. The van der Waals surface area contributed by atoms with Gasteiger partial charge in [-0.3, -0.25) is 10.1 Å². The van der Waals surface area contributed by atoms with E-state index in [-0.39, 0.29) is 5.82 Å². The van der Waals surface area contributed by atoms with E-state index in [1.54, 1.807) is 0 Å². The van der Waals surface area contributed by atoms with Gasteiger partial charge in [0.2, 0.25) is 5.82 Å². The molecule has 0 atom stereocenters. The lowest BCUT2D eigenvalue weighted by molar-refractivity contribution is -0.384. The van der Waals surface area contributed by atoms with Crippen LogP contribution in [0.15, 0.2) is 17.3 Å². The predicted molar refractivity (Wildman–Crippen MR) is 43.2 cm³/mol. The van der Waals surface area contributed by atoms with E-state index < -0.39 is 16.4 Å². The lowest BCUT2D eigenvalue weighted by atomic mass is 10.4. The van der Waals surface area contributed by atoms with Gasteiger partial charge >= 0.3 is 5.69 Å². The number of aromatic nitrogens is 1. The van der Waals surface area contributed by atoms with Crippen molar-refractivity contribution < 1.29 is 9.31 Å². The van der Waals surface area contributed by atoms with Crippen LogP contribution in [0.4, 0.5) is 15.9 Å². The van der Waals surface area contributed by atoms with Gasteiger partial charge in [0, 0.05) is 0 Å². The number of pyridine rings is 1. The molecule has 0 unspecified atom stereocenters. The van der Waals surface area contributed by atoms with Crippen LogP contribution < -0.4 is 5.73 Å². The molecule has 6 nitrogen and oxygen atoms in total. The summed E-state index contributed by atoms with van der Waals surface area (Å²) in [6, 6.07) is 0.731. The third-order valence-corrected chi connectivity index (χ3v) is 1.21. The minimum absolute atomic E-state index is 0.214. The van der Waals surface area contributed by atoms with E-state index in [9.17, 15) is 14.5 Å². The average molecular weight is 184 g/mol. The fourth-order valence-electron chi connectivity index (χ4n) is 0.726. The zero-order valence-electron chi connectivity index (χ0n) is 6.35. The summed E-state index contributed by atoms with van der Waals surface area (Å²) in [5, 5.41) is 10.3. The number of halogens is 1. The van der Waals surface area contributed by atoms with Gasteiger partial charge in [0.15, 0.2) is 0 Å². The average Bonchev–Trinajstić information content (AvgIpc) is 2.08. The Kier molecular flexibility index (Phi) is 2.48. The molecule has 68 valence electrons. The van der Waals surface area contributed by atoms with Gasteiger partial charge in [0.25, 0.3) is 0 Å². The first-order valence-corrected chi connectivity index (χ1v) is 3.19. The van der Waals surface area contributed by atoms with Gasteiger partial charge in [-0.15, -0.1) is 0 Å². The molecule has 2 N–H and O–H groups in total. The largest absolute Gasteiger partial charge is 0.390 e. The molecule has 1 rings (SSSR count). The quantitative estimate of drug-likeness (QED) is 0.317. The number of nitro groups is 1. The van der Waals surface area contributed by atoms with Crippen LogP contribution in [0.5, 0.6) is 0 Å². The van der Waals surface area contributed by atoms with Crippen molar-refractivity contribution in [3.8, 4) is 0 Å². The second-order valence-corrected chi connectivity index (χ2v) is 2.03. The Morgan fingerprint density at radius 1 is 1.77 bits per heavy atom. The lowest BCUT2D eigenvalue weighted by Gasteiger charge is -1.94. The van der Waals surface area contributed by atoms with Crippen molar-refractivity contribution >= 4 is 17.8 Å². The monoisotopic (exact) mass is 184 g/mol. The topological polar surface area (TPSA) is 94.4 Å². The predicted octanol–water partition coefficient (Wildman–Crippen LogP) is 0.747. The number of hydrogen-bond acceptors (Lipinski definition) is 4. The van der Waals surface area contributed by atoms with Gasteiger partial charge < -0.3 is 5.73 Å². The van der Waals surface area contributed by atoms with Crippen molar-refractivity contribution in [2.45, 2.75) is 0 Å². The molecule has 0 saturated carbocycles. The van der Waals surface area contributed by atoms with Crippen LogP contribution in [-0.4, -0.2) is 16.2 Å². The Bertz CT molecular complexity index is 366. The standard InChI is InChI=1S/C6H5FN4O2/c7-4-1-5(11(12)13)6(9-2-4)10-3-8/h1-3H,(H2,8,9,10). The highest BCUT2D eigenvalue weighted by Gasteiger charge is 2.15. The van der Waals surface area contributed by atoms with Gasteiger partial charge in [-0.05, 0) is 0 Å². The Labute approximate surface area is 72.1 Å². The summed E-state index contributed by atoms with van der Waals surface area (Å²) < 4.78 is 12.5. The Hall–Kier alpha value is -2.05. The minimum Gasteiger partial charge on any atom is -0.390 e. The Balaban J connectivity index is 3.26. The van der Waals surface area contributed by atoms with Gasteiger partial charge in [-0.2, -0.15) is 0 Å². The van der Waals surface area contributed by atoms with Crippen molar-refractivity contribution in [3.63, 3.8) is 0 Å². The Morgan fingerprint density at radius 2 is 2.46 bits per heavy atom. The summed E-state index contributed by atoms with van der Waals surface area (Å²) in [7, 11) is 0. The second-order valence-electron chi connectivity index (χ2n) is 2.03. The molecule has 0 saturated heterocycles. The molecule has 0 radical (unpaired) electrons. The van der Waals surface area contributed by atoms with Crippen molar-refractivity contribution in [3.05, 3.63) is 28.2 Å². The van der Waals surface area contributed by atoms with Gasteiger partial charge in [-0.25, -0.2) is 14.4 Å². The molecule has 0 aliphatic carbocycles. The van der Waals surface area contributed by atoms with Crippen molar-refractivity contribution in [2.75, 3.05) is 0 Å². The highest BCUT2D eigenvalue weighted by atomic mass is 19.1. The highest BCUT2D eigenvalue weighted by Crippen LogP contribution is 2.23. The van der Waals surface area contributed by atoms with E-state index in [1.165, 1.54) is 0 Å². The van der Waals surface area contributed by atoms with E-state index in [4.69, 9.17) is 5.73 Å².